The fraction of sp³-hybridized carbons (Fsp3) is 0.700. The zero-order valence-electron chi connectivity index (χ0n) is 30.2. The van der Waals surface area contributed by atoms with E-state index in [2.05, 4.69) is 48.2 Å². The van der Waals surface area contributed by atoms with E-state index in [-0.39, 0.29) is 0 Å². The molecule has 0 radical (unpaired) electrons. The molecule has 0 aromatic heterocycles. The van der Waals surface area contributed by atoms with Gasteiger partial charge in [-0.05, 0) is 115 Å². The van der Waals surface area contributed by atoms with Gasteiger partial charge in [-0.3, -0.25) is 0 Å². The Morgan fingerprint density at radius 3 is 0.913 bits per heavy atom. The Labute approximate surface area is 283 Å². The summed E-state index contributed by atoms with van der Waals surface area (Å²) in [6.45, 7) is 4.00. The van der Waals surface area contributed by atoms with Crippen LogP contribution in [0.25, 0.3) is 0 Å². The molecule has 0 spiro atoms. The third-order valence-electron chi connectivity index (χ3n) is 8.49. The van der Waals surface area contributed by atoms with Crippen molar-refractivity contribution in [2.45, 2.75) is 128 Å². The van der Waals surface area contributed by atoms with Crippen molar-refractivity contribution in [2.24, 2.45) is 10.2 Å². The minimum atomic E-state index is 0.777. The molecule has 46 heavy (non-hydrogen) atoms. The lowest BCUT2D eigenvalue weighted by Crippen LogP contribution is -2.12. The van der Waals surface area contributed by atoms with Crippen LogP contribution in [0.4, 0.5) is 11.4 Å². The molecule has 260 valence electrons. The van der Waals surface area contributed by atoms with Gasteiger partial charge >= 0.3 is 0 Å². The molecule has 6 heteroatoms. The fourth-order valence-electron chi connectivity index (χ4n) is 5.60. The molecule has 0 saturated carbocycles. The van der Waals surface area contributed by atoms with Gasteiger partial charge in [-0.15, -0.1) is 0 Å². The maximum absolute atomic E-state index is 5.94. The molecule has 0 aliphatic heterocycles. The van der Waals surface area contributed by atoms with Crippen molar-refractivity contribution < 1.29 is 9.47 Å². The standard InChI is InChI=1S/C40H68N4O2/c1-43(2)33-21-17-13-9-5-7-11-15-19-23-35-45-39-29-25-37(26-30-39)41-42-38-27-31-40(32-28-38)46-36-24-20-16-12-8-6-10-14-18-22-34-44(3)4/h25-32H,5-24,33-36H2,1-4H3. The summed E-state index contributed by atoms with van der Waals surface area (Å²) in [7, 11) is 8.63. The lowest BCUT2D eigenvalue weighted by Gasteiger charge is -2.08. The molecule has 0 heterocycles. The van der Waals surface area contributed by atoms with E-state index in [0.29, 0.717) is 0 Å². The van der Waals surface area contributed by atoms with Gasteiger partial charge in [0.15, 0.2) is 0 Å². The maximum Gasteiger partial charge on any atom is 0.119 e. The molecule has 2 rings (SSSR count). The summed E-state index contributed by atoms with van der Waals surface area (Å²) in [4.78, 5) is 4.56. The van der Waals surface area contributed by atoms with Crippen LogP contribution in [0.5, 0.6) is 11.5 Å². The normalized spacial score (nSPS) is 11.7. The number of azo groups is 1. The maximum atomic E-state index is 5.94. The van der Waals surface area contributed by atoms with E-state index >= 15 is 0 Å². The molecule has 0 atom stereocenters. The summed E-state index contributed by atoms with van der Waals surface area (Å²) in [5, 5.41) is 8.77. The van der Waals surface area contributed by atoms with Crippen LogP contribution in [0.1, 0.15) is 128 Å². The molecule has 2 aromatic carbocycles. The van der Waals surface area contributed by atoms with Crippen LogP contribution in [-0.4, -0.2) is 64.3 Å². The first kappa shape index (κ1) is 39.7. The predicted octanol–water partition coefficient (Wildman–Crippen LogP) is 11.8. The molecule has 0 N–H and O–H groups in total. The van der Waals surface area contributed by atoms with E-state index < -0.39 is 0 Å². The van der Waals surface area contributed by atoms with Gasteiger partial charge in [0.1, 0.15) is 11.5 Å². The molecular formula is C40H68N4O2. The zero-order valence-corrected chi connectivity index (χ0v) is 30.2. The Kier molecular flexibility index (Phi) is 23.9. The number of benzene rings is 2. The summed E-state index contributed by atoms with van der Waals surface area (Å²) in [6, 6.07) is 15.8. The molecule has 6 nitrogen and oxygen atoms in total. The van der Waals surface area contributed by atoms with Crippen molar-refractivity contribution in [1.82, 2.24) is 9.80 Å². The van der Waals surface area contributed by atoms with Gasteiger partial charge in [0.05, 0.1) is 24.6 Å². The Hall–Kier alpha value is -2.44. The molecule has 0 unspecified atom stereocenters. The van der Waals surface area contributed by atoms with Crippen LogP contribution < -0.4 is 9.47 Å². The van der Waals surface area contributed by atoms with Crippen LogP contribution in [0.2, 0.25) is 0 Å². The van der Waals surface area contributed by atoms with Crippen LogP contribution >= 0.6 is 0 Å². The molecule has 0 aliphatic carbocycles. The average molecular weight is 637 g/mol. The number of nitrogens with zero attached hydrogens (tertiary/aromatic N) is 4. The number of ether oxygens (including phenoxy) is 2. The van der Waals surface area contributed by atoms with Gasteiger partial charge in [0, 0.05) is 0 Å². The van der Waals surface area contributed by atoms with E-state index in [1.807, 2.05) is 48.5 Å². The van der Waals surface area contributed by atoms with E-state index in [1.165, 1.54) is 129 Å². The minimum absolute atomic E-state index is 0.777. The second kappa shape index (κ2) is 27.7. The van der Waals surface area contributed by atoms with Crippen molar-refractivity contribution in [3.05, 3.63) is 48.5 Å². The lowest BCUT2D eigenvalue weighted by molar-refractivity contribution is 0.304. The molecular weight excluding hydrogens is 568 g/mol. The van der Waals surface area contributed by atoms with Gasteiger partial charge in [0.2, 0.25) is 0 Å². The van der Waals surface area contributed by atoms with Crippen molar-refractivity contribution in [3.8, 4) is 11.5 Å². The topological polar surface area (TPSA) is 49.7 Å². The second-order valence-electron chi connectivity index (χ2n) is 13.6. The molecule has 0 amide bonds. The van der Waals surface area contributed by atoms with Crippen molar-refractivity contribution >= 4 is 11.4 Å². The SMILES string of the molecule is CN(C)CCCCCCCCCCCCOc1ccc(N=Nc2ccc(OCCCCCCCCCCCCN(C)C)cc2)cc1. The Morgan fingerprint density at radius 1 is 0.370 bits per heavy atom. The van der Waals surface area contributed by atoms with Gasteiger partial charge in [-0.2, -0.15) is 10.2 Å². The minimum Gasteiger partial charge on any atom is -0.494 e. The molecule has 0 bridgehead atoms. The first-order valence-corrected chi connectivity index (χ1v) is 18.7. The monoisotopic (exact) mass is 637 g/mol. The van der Waals surface area contributed by atoms with Crippen molar-refractivity contribution in [1.29, 1.82) is 0 Å². The summed E-state index contributed by atoms with van der Waals surface area (Å²) >= 11 is 0. The largest absolute Gasteiger partial charge is 0.494 e. The summed E-state index contributed by atoms with van der Waals surface area (Å²) in [5.41, 5.74) is 1.65. The quantitative estimate of drug-likeness (QED) is 0.0632. The smallest absolute Gasteiger partial charge is 0.119 e. The highest BCUT2D eigenvalue weighted by Gasteiger charge is 2.00. The van der Waals surface area contributed by atoms with Crippen molar-refractivity contribution in [3.63, 3.8) is 0 Å². The number of hydrogen-bond acceptors (Lipinski definition) is 6. The molecule has 2 aromatic rings. The fourth-order valence-corrected chi connectivity index (χ4v) is 5.60. The molecule has 0 aliphatic rings. The molecule has 0 saturated heterocycles. The van der Waals surface area contributed by atoms with E-state index in [4.69, 9.17) is 9.47 Å². The second-order valence-corrected chi connectivity index (χ2v) is 13.6. The van der Waals surface area contributed by atoms with Crippen LogP contribution in [-0.2, 0) is 0 Å². The third kappa shape index (κ3) is 23.0. The van der Waals surface area contributed by atoms with E-state index in [1.54, 1.807) is 0 Å². The highest BCUT2D eigenvalue weighted by molar-refractivity contribution is 5.44. The highest BCUT2D eigenvalue weighted by atomic mass is 16.5. The highest BCUT2D eigenvalue weighted by Crippen LogP contribution is 2.23. The number of unbranched alkanes of at least 4 members (excludes halogenated alkanes) is 18. The van der Waals surface area contributed by atoms with Gasteiger partial charge in [0.25, 0.3) is 0 Å². The van der Waals surface area contributed by atoms with E-state index in [9.17, 15) is 0 Å². The Bertz CT molecular complexity index is 896. The zero-order chi connectivity index (χ0) is 32.9. The Morgan fingerprint density at radius 2 is 0.630 bits per heavy atom. The number of rotatable bonds is 30. The molecule has 0 fully saturated rings. The first-order valence-electron chi connectivity index (χ1n) is 18.7. The summed E-state index contributed by atoms with van der Waals surface area (Å²) in [6.07, 6.45) is 26.6. The van der Waals surface area contributed by atoms with Crippen LogP contribution in [0, 0.1) is 0 Å². The van der Waals surface area contributed by atoms with Crippen molar-refractivity contribution in [2.75, 3.05) is 54.5 Å². The van der Waals surface area contributed by atoms with Gasteiger partial charge < -0.3 is 19.3 Å². The summed E-state index contributed by atoms with van der Waals surface area (Å²) < 4.78 is 11.9. The van der Waals surface area contributed by atoms with E-state index in [0.717, 1.165) is 48.9 Å². The predicted molar refractivity (Wildman–Crippen MR) is 197 cm³/mol. The van der Waals surface area contributed by atoms with Crippen LogP contribution in [0.3, 0.4) is 0 Å². The first-order chi connectivity index (χ1) is 22.5. The Balaban J connectivity index is 1.44. The van der Waals surface area contributed by atoms with Crippen LogP contribution in [0.15, 0.2) is 58.8 Å². The summed E-state index contributed by atoms with van der Waals surface area (Å²) in [5.74, 6) is 1.80. The van der Waals surface area contributed by atoms with Gasteiger partial charge in [-0.1, -0.05) is 103 Å². The lowest BCUT2D eigenvalue weighted by atomic mass is 10.1. The number of hydrogen-bond donors (Lipinski definition) is 0. The average Bonchev–Trinajstić information content (AvgIpc) is 3.05. The third-order valence-corrected chi connectivity index (χ3v) is 8.49. The van der Waals surface area contributed by atoms with Gasteiger partial charge in [-0.25, -0.2) is 0 Å².